The van der Waals surface area contributed by atoms with Crippen LogP contribution in [0.2, 0.25) is 5.02 Å². The lowest BCUT2D eigenvalue weighted by molar-refractivity contribution is -0.130. The fraction of sp³-hybridized carbons (Fsp3) is 0.417. The van der Waals surface area contributed by atoms with Crippen LogP contribution in [0.15, 0.2) is 18.2 Å². The summed E-state index contributed by atoms with van der Waals surface area (Å²) in [6.07, 6.45) is -0.0315. The van der Waals surface area contributed by atoms with Gasteiger partial charge in [-0.3, -0.25) is 4.79 Å². The molecule has 0 radical (unpaired) electrons. The number of hydrogen-bond acceptors (Lipinski definition) is 1. The van der Waals surface area contributed by atoms with Gasteiger partial charge >= 0.3 is 0 Å². The number of nitrogens with zero attached hydrogens (tertiary/aromatic N) is 1. The van der Waals surface area contributed by atoms with E-state index in [4.69, 9.17) is 23.2 Å². The minimum absolute atomic E-state index is 0.0315. The van der Waals surface area contributed by atoms with E-state index in [9.17, 15) is 9.18 Å². The molecule has 0 spiro atoms. The molecule has 1 rings (SSSR count). The number of rotatable bonds is 5. The molecule has 94 valence electrons. The van der Waals surface area contributed by atoms with Crippen LogP contribution in [-0.2, 0) is 11.2 Å². The zero-order valence-electron chi connectivity index (χ0n) is 9.55. The Kier molecular flexibility index (Phi) is 5.72. The Bertz CT molecular complexity index is 378. The molecule has 0 aliphatic carbocycles. The highest BCUT2D eigenvalue weighted by atomic mass is 35.5. The van der Waals surface area contributed by atoms with Gasteiger partial charge in [-0.15, -0.1) is 11.6 Å². The van der Waals surface area contributed by atoms with Crippen LogP contribution in [0.4, 0.5) is 4.39 Å². The van der Waals surface area contributed by atoms with Crippen molar-refractivity contribution in [2.75, 3.05) is 19.0 Å². The maximum atomic E-state index is 13.5. The molecular weight excluding hydrogens is 264 g/mol. The van der Waals surface area contributed by atoms with Crippen molar-refractivity contribution in [3.05, 3.63) is 34.6 Å². The molecule has 1 aromatic rings. The molecule has 0 bridgehead atoms. The monoisotopic (exact) mass is 277 g/mol. The van der Waals surface area contributed by atoms with E-state index in [0.717, 1.165) is 0 Å². The molecule has 0 unspecified atom stereocenters. The molecule has 0 atom stereocenters. The van der Waals surface area contributed by atoms with Crippen molar-refractivity contribution in [3.63, 3.8) is 0 Å². The minimum Gasteiger partial charge on any atom is -0.341 e. The van der Waals surface area contributed by atoms with Gasteiger partial charge < -0.3 is 4.90 Å². The Hall–Kier alpha value is -0.800. The van der Waals surface area contributed by atoms with Crippen LogP contribution in [0.3, 0.4) is 0 Å². The van der Waals surface area contributed by atoms with Crippen LogP contribution in [0.25, 0.3) is 0 Å². The second-order valence-electron chi connectivity index (χ2n) is 3.54. The van der Waals surface area contributed by atoms with E-state index in [0.29, 0.717) is 19.0 Å². The van der Waals surface area contributed by atoms with Crippen molar-refractivity contribution >= 4 is 29.1 Å². The summed E-state index contributed by atoms with van der Waals surface area (Å²) in [5.74, 6) is -0.252. The normalized spacial score (nSPS) is 10.4. The summed E-state index contributed by atoms with van der Waals surface area (Å²) in [6.45, 7) is 2.87. The molecule has 1 aromatic carbocycles. The van der Waals surface area contributed by atoms with Gasteiger partial charge in [0.2, 0.25) is 5.91 Å². The lowest BCUT2D eigenvalue weighted by Gasteiger charge is -2.20. The summed E-state index contributed by atoms with van der Waals surface area (Å²) in [7, 11) is 0. The van der Waals surface area contributed by atoms with Crippen LogP contribution in [0.1, 0.15) is 12.5 Å². The topological polar surface area (TPSA) is 20.3 Å². The smallest absolute Gasteiger partial charge is 0.227 e. The van der Waals surface area contributed by atoms with E-state index in [1.165, 1.54) is 12.1 Å². The molecule has 0 fully saturated rings. The first-order valence-corrected chi connectivity index (χ1v) is 6.28. The van der Waals surface area contributed by atoms with Crippen molar-refractivity contribution < 1.29 is 9.18 Å². The molecule has 0 aliphatic rings. The number of alkyl halides is 1. The Labute approximate surface area is 110 Å². The molecule has 5 heteroatoms. The third kappa shape index (κ3) is 3.86. The Morgan fingerprint density at radius 3 is 2.71 bits per heavy atom. The predicted octanol–water partition coefficient (Wildman–Crippen LogP) is 3.11. The number of carbonyl (C=O) groups excluding carboxylic acids is 1. The quantitative estimate of drug-likeness (QED) is 0.758. The lowest BCUT2D eigenvalue weighted by atomic mass is 10.1. The lowest BCUT2D eigenvalue weighted by Crippen LogP contribution is -2.34. The van der Waals surface area contributed by atoms with Gasteiger partial charge in [0, 0.05) is 29.6 Å². The molecule has 0 saturated heterocycles. The summed E-state index contributed by atoms with van der Waals surface area (Å²) in [5.41, 5.74) is 0.243. The molecule has 0 saturated carbocycles. The molecule has 17 heavy (non-hydrogen) atoms. The van der Waals surface area contributed by atoms with Gasteiger partial charge in [0.25, 0.3) is 0 Å². The van der Waals surface area contributed by atoms with E-state index in [1.54, 1.807) is 11.0 Å². The first kappa shape index (κ1) is 14.3. The average Bonchev–Trinajstić information content (AvgIpc) is 2.30. The van der Waals surface area contributed by atoms with E-state index in [2.05, 4.69) is 0 Å². The minimum atomic E-state index is -0.451. The fourth-order valence-electron chi connectivity index (χ4n) is 1.53. The predicted molar refractivity (Wildman–Crippen MR) is 68.1 cm³/mol. The zero-order chi connectivity index (χ0) is 12.8. The van der Waals surface area contributed by atoms with E-state index in [-0.39, 0.29) is 22.9 Å². The molecule has 1 amide bonds. The van der Waals surface area contributed by atoms with Crippen LogP contribution < -0.4 is 0 Å². The highest BCUT2D eigenvalue weighted by molar-refractivity contribution is 6.31. The molecule has 0 aromatic heterocycles. The van der Waals surface area contributed by atoms with Gasteiger partial charge in [-0.25, -0.2) is 4.39 Å². The highest BCUT2D eigenvalue weighted by Crippen LogP contribution is 2.20. The van der Waals surface area contributed by atoms with Gasteiger partial charge in [0.15, 0.2) is 0 Å². The number of likely N-dealkylation sites (N-methyl/N-ethyl adjacent to an activating group) is 1. The highest BCUT2D eigenvalue weighted by Gasteiger charge is 2.16. The SMILES string of the molecule is CCN(CCCl)C(=O)Cc1c(F)cccc1Cl. The average molecular weight is 278 g/mol. The van der Waals surface area contributed by atoms with Crippen LogP contribution in [0.5, 0.6) is 0 Å². The first-order chi connectivity index (χ1) is 8.10. The van der Waals surface area contributed by atoms with Crippen molar-refractivity contribution in [1.82, 2.24) is 4.90 Å². The number of halogens is 3. The Balaban J connectivity index is 2.80. The summed E-state index contributed by atoms with van der Waals surface area (Å²) in [4.78, 5) is 13.5. The molecule has 0 N–H and O–H groups in total. The van der Waals surface area contributed by atoms with Crippen molar-refractivity contribution in [1.29, 1.82) is 0 Å². The molecule has 2 nitrogen and oxygen atoms in total. The molecule has 0 heterocycles. The number of amides is 1. The van der Waals surface area contributed by atoms with Gasteiger partial charge in [-0.2, -0.15) is 0 Å². The standard InChI is InChI=1S/C12H14Cl2FNO/c1-2-16(7-6-13)12(17)8-9-10(14)4-3-5-11(9)15/h3-5H,2,6-8H2,1H3. The van der Waals surface area contributed by atoms with Crippen LogP contribution >= 0.6 is 23.2 Å². The first-order valence-electron chi connectivity index (χ1n) is 5.36. The van der Waals surface area contributed by atoms with E-state index in [1.807, 2.05) is 6.92 Å². The number of benzene rings is 1. The van der Waals surface area contributed by atoms with E-state index < -0.39 is 5.82 Å². The van der Waals surface area contributed by atoms with Gasteiger partial charge in [0.05, 0.1) is 6.42 Å². The maximum Gasteiger partial charge on any atom is 0.227 e. The summed E-state index contributed by atoms with van der Waals surface area (Å²) in [6, 6.07) is 4.39. The second-order valence-corrected chi connectivity index (χ2v) is 4.32. The Morgan fingerprint density at radius 2 is 2.18 bits per heavy atom. The van der Waals surface area contributed by atoms with E-state index >= 15 is 0 Å². The largest absolute Gasteiger partial charge is 0.341 e. The maximum absolute atomic E-state index is 13.5. The summed E-state index contributed by atoms with van der Waals surface area (Å²) in [5, 5.41) is 0.278. The van der Waals surface area contributed by atoms with Crippen molar-refractivity contribution in [3.8, 4) is 0 Å². The third-order valence-corrected chi connectivity index (χ3v) is 3.00. The Morgan fingerprint density at radius 1 is 1.47 bits per heavy atom. The fourth-order valence-corrected chi connectivity index (χ4v) is 1.96. The summed E-state index contributed by atoms with van der Waals surface area (Å²) >= 11 is 11.5. The van der Waals surface area contributed by atoms with Crippen LogP contribution in [0, 0.1) is 5.82 Å². The molecular formula is C12H14Cl2FNO. The van der Waals surface area contributed by atoms with Crippen molar-refractivity contribution in [2.45, 2.75) is 13.3 Å². The third-order valence-electron chi connectivity index (χ3n) is 2.48. The van der Waals surface area contributed by atoms with Gasteiger partial charge in [0.1, 0.15) is 5.82 Å². The summed E-state index contributed by atoms with van der Waals surface area (Å²) < 4.78 is 13.5. The number of hydrogen-bond donors (Lipinski definition) is 0. The zero-order valence-corrected chi connectivity index (χ0v) is 11.1. The van der Waals surface area contributed by atoms with Gasteiger partial charge in [-0.05, 0) is 19.1 Å². The van der Waals surface area contributed by atoms with Crippen molar-refractivity contribution in [2.24, 2.45) is 0 Å². The molecule has 0 aliphatic heterocycles. The van der Waals surface area contributed by atoms with Crippen LogP contribution in [-0.4, -0.2) is 29.8 Å². The second kappa shape index (κ2) is 6.82. The number of carbonyl (C=O) groups is 1. The van der Waals surface area contributed by atoms with Gasteiger partial charge in [-0.1, -0.05) is 17.7 Å².